The molecule has 2 aromatic rings. The minimum atomic E-state index is -1.00. The van der Waals surface area contributed by atoms with Gasteiger partial charge in [-0.05, 0) is 37.1 Å². The number of benzene rings is 1. The van der Waals surface area contributed by atoms with Gasteiger partial charge >= 0.3 is 0 Å². The highest BCUT2D eigenvalue weighted by Crippen LogP contribution is 2.28. The van der Waals surface area contributed by atoms with Crippen LogP contribution in [0, 0.1) is 0 Å². The molecule has 0 fully saturated rings. The van der Waals surface area contributed by atoms with E-state index in [4.69, 9.17) is 10.5 Å². The molecule has 1 aromatic carbocycles. The van der Waals surface area contributed by atoms with E-state index in [1.165, 1.54) is 0 Å². The van der Waals surface area contributed by atoms with Crippen LogP contribution < -0.4 is 5.73 Å². The van der Waals surface area contributed by atoms with Gasteiger partial charge in [0.15, 0.2) is 0 Å². The average molecular weight is 260 g/mol. The summed E-state index contributed by atoms with van der Waals surface area (Å²) < 4.78 is 5.16. The Morgan fingerprint density at radius 1 is 1.37 bits per heavy atom. The molecule has 0 spiro atoms. The normalized spacial score (nSPS) is 14.5. The summed E-state index contributed by atoms with van der Waals surface area (Å²) in [7, 11) is 1.59. The molecule has 0 aliphatic carbocycles. The third-order valence-corrected chi connectivity index (χ3v) is 3.32. The number of ether oxygens (including phenoxy) is 1. The minimum Gasteiger partial charge on any atom is -0.383 e. The molecular weight excluding hydrogens is 240 g/mol. The highest BCUT2D eigenvalue weighted by molar-refractivity contribution is 5.79. The zero-order chi connectivity index (χ0) is 13.7. The Balaban J connectivity index is 2.37. The summed E-state index contributed by atoms with van der Waals surface area (Å²) in [5, 5.41) is 11.8. The number of methoxy groups -OCH3 is 1. The molecule has 1 unspecified atom stereocenters. The van der Waals surface area contributed by atoms with Crippen LogP contribution in [0.5, 0.6) is 0 Å². The summed E-state index contributed by atoms with van der Waals surface area (Å²) in [6.07, 6.45) is 3.08. The van der Waals surface area contributed by atoms with Crippen LogP contribution in [-0.2, 0) is 10.3 Å². The lowest BCUT2D eigenvalue weighted by Gasteiger charge is -2.28. The van der Waals surface area contributed by atoms with Crippen LogP contribution in [0.3, 0.4) is 0 Å². The summed E-state index contributed by atoms with van der Waals surface area (Å²) in [5.74, 6) is 0. The number of aliphatic hydroxyl groups is 1. The molecule has 1 atom stereocenters. The Morgan fingerprint density at radius 3 is 2.95 bits per heavy atom. The zero-order valence-corrected chi connectivity index (χ0v) is 11.2. The first-order chi connectivity index (χ1) is 9.19. The molecule has 0 radical (unpaired) electrons. The Kier molecular flexibility index (Phi) is 4.47. The van der Waals surface area contributed by atoms with Crippen LogP contribution in [0.15, 0.2) is 36.5 Å². The van der Waals surface area contributed by atoms with E-state index in [1.807, 2.05) is 30.3 Å². The van der Waals surface area contributed by atoms with Crippen LogP contribution >= 0.6 is 0 Å². The maximum Gasteiger partial charge on any atom is 0.113 e. The van der Waals surface area contributed by atoms with Crippen molar-refractivity contribution in [3.8, 4) is 0 Å². The second kappa shape index (κ2) is 6.10. The van der Waals surface area contributed by atoms with Crippen LogP contribution in [0.1, 0.15) is 18.4 Å². The summed E-state index contributed by atoms with van der Waals surface area (Å²) in [4.78, 5) is 4.32. The van der Waals surface area contributed by atoms with Gasteiger partial charge in [-0.25, -0.2) is 0 Å². The smallest absolute Gasteiger partial charge is 0.113 e. The molecule has 4 nitrogen and oxygen atoms in total. The first-order valence-corrected chi connectivity index (χ1v) is 6.46. The zero-order valence-electron chi connectivity index (χ0n) is 11.2. The third-order valence-electron chi connectivity index (χ3n) is 3.32. The highest BCUT2D eigenvalue weighted by Gasteiger charge is 2.28. The summed E-state index contributed by atoms with van der Waals surface area (Å²) in [6, 6.07) is 9.73. The van der Waals surface area contributed by atoms with Crippen molar-refractivity contribution in [2.45, 2.75) is 18.4 Å². The highest BCUT2D eigenvalue weighted by atomic mass is 16.5. The quantitative estimate of drug-likeness (QED) is 0.831. The predicted octanol–water partition coefficient (Wildman–Crippen LogP) is 1.81. The summed E-state index contributed by atoms with van der Waals surface area (Å²) >= 11 is 0. The second-order valence-electron chi connectivity index (χ2n) is 4.77. The standard InChI is InChI=1S/C15H20N2O2/c1-19-11-15(18,7-3-8-16)13-6-5-12-4-2-9-17-14(12)10-13/h2,4-6,9-10,18H,3,7-8,11,16H2,1H3. The Labute approximate surface area is 113 Å². The third kappa shape index (κ3) is 3.10. The molecular formula is C15H20N2O2. The van der Waals surface area contributed by atoms with Crippen LogP contribution in [0.4, 0.5) is 0 Å². The van der Waals surface area contributed by atoms with E-state index in [1.54, 1.807) is 13.3 Å². The monoisotopic (exact) mass is 260 g/mol. The van der Waals surface area contributed by atoms with E-state index >= 15 is 0 Å². The van der Waals surface area contributed by atoms with Crippen molar-refractivity contribution >= 4 is 10.9 Å². The van der Waals surface area contributed by atoms with Gasteiger partial charge in [-0.3, -0.25) is 4.98 Å². The lowest BCUT2D eigenvalue weighted by molar-refractivity contribution is -0.0428. The molecule has 0 aliphatic rings. The molecule has 0 aliphatic heterocycles. The van der Waals surface area contributed by atoms with Crippen LogP contribution in [0.25, 0.3) is 10.9 Å². The van der Waals surface area contributed by atoms with Crippen molar-refractivity contribution in [3.63, 3.8) is 0 Å². The van der Waals surface area contributed by atoms with Crippen molar-refractivity contribution in [3.05, 3.63) is 42.1 Å². The number of hydrogen-bond acceptors (Lipinski definition) is 4. The molecule has 3 N–H and O–H groups in total. The largest absolute Gasteiger partial charge is 0.383 e. The summed E-state index contributed by atoms with van der Waals surface area (Å²) in [5.41, 5.74) is 6.24. The molecule has 2 rings (SSSR count). The van der Waals surface area contributed by atoms with Crippen molar-refractivity contribution < 1.29 is 9.84 Å². The van der Waals surface area contributed by atoms with E-state index in [2.05, 4.69) is 4.98 Å². The molecule has 19 heavy (non-hydrogen) atoms. The van der Waals surface area contributed by atoms with Gasteiger partial charge in [-0.2, -0.15) is 0 Å². The Bertz CT molecular complexity index is 544. The maximum atomic E-state index is 10.8. The predicted molar refractivity (Wildman–Crippen MR) is 75.8 cm³/mol. The number of aromatic nitrogens is 1. The van der Waals surface area contributed by atoms with Gasteiger partial charge in [0.1, 0.15) is 5.60 Å². The fraction of sp³-hybridized carbons (Fsp3) is 0.400. The van der Waals surface area contributed by atoms with Crippen molar-refractivity contribution in [2.24, 2.45) is 5.73 Å². The lowest BCUT2D eigenvalue weighted by Crippen LogP contribution is -2.32. The molecule has 0 saturated heterocycles. The Hall–Kier alpha value is -1.49. The van der Waals surface area contributed by atoms with Crippen molar-refractivity contribution in [1.29, 1.82) is 0 Å². The molecule has 0 amide bonds. The number of rotatable bonds is 6. The van der Waals surface area contributed by atoms with Gasteiger partial charge in [0.2, 0.25) is 0 Å². The molecule has 102 valence electrons. The first-order valence-electron chi connectivity index (χ1n) is 6.46. The number of nitrogens with two attached hydrogens (primary N) is 1. The van der Waals surface area contributed by atoms with Crippen molar-refractivity contribution in [2.75, 3.05) is 20.3 Å². The number of pyridine rings is 1. The maximum absolute atomic E-state index is 10.8. The van der Waals surface area contributed by atoms with Crippen LogP contribution in [0.2, 0.25) is 0 Å². The van der Waals surface area contributed by atoms with Crippen molar-refractivity contribution in [1.82, 2.24) is 4.98 Å². The van der Waals surface area contributed by atoms with Gasteiger partial charge < -0.3 is 15.6 Å². The number of hydrogen-bond donors (Lipinski definition) is 2. The minimum absolute atomic E-state index is 0.255. The number of fused-ring (bicyclic) bond motifs is 1. The molecule has 0 saturated carbocycles. The van der Waals surface area contributed by atoms with Gasteiger partial charge in [0.25, 0.3) is 0 Å². The van der Waals surface area contributed by atoms with Gasteiger partial charge in [-0.1, -0.05) is 18.2 Å². The molecule has 1 aromatic heterocycles. The fourth-order valence-electron chi connectivity index (χ4n) is 2.29. The van der Waals surface area contributed by atoms with E-state index in [9.17, 15) is 5.11 Å². The molecule has 1 heterocycles. The van der Waals surface area contributed by atoms with E-state index in [0.717, 1.165) is 22.9 Å². The van der Waals surface area contributed by atoms with Crippen LogP contribution in [-0.4, -0.2) is 30.4 Å². The first kappa shape index (κ1) is 13.9. The van der Waals surface area contributed by atoms with E-state index in [0.29, 0.717) is 13.0 Å². The topological polar surface area (TPSA) is 68.4 Å². The average Bonchev–Trinajstić information content (AvgIpc) is 2.45. The number of nitrogens with zero attached hydrogens (tertiary/aromatic N) is 1. The van der Waals surface area contributed by atoms with E-state index < -0.39 is 5.60 Å². The SMILES string of the molecule is COCC(O)(CCCN)c1ccc2cccnc2c1. The second-order valence-corrected chi connectivity index (χ2v) is 4.77. The van der Waals surface area contributed by atoms with Gasteiger partial charge in [0, 0.05) is 18.7 Å². The molecule has 4 heteroatoms. The lowest BCUT2D eigenvalue weighted by atomic mass is 9.89. The van der Waals surface area contributed by atoms with Gasteiger partial charge in [0.05, 0.1) is 12.1 Å². The van der Waals surface area contributed by atoms with E-state index in [-0.39, 0.29) is 6.61 Å². The fourth-order valence-corrected chi connectivity index (χ4v) is 2.29. The van der Waals surface area contributed by atoms with Gasteiger partial charge in [-0.15, -0.1) is 0 Å². The Morgan fingerprint density at radius 2 is 2.21 bits per heavy atom. The summed E-state index contributed by atoms with van der Waals surface area (Å²) in [6.45, 7) is 0.809. The molecule has 0 bridgehead atoms.